The van der Waals surface area contributed by atoms with Gasteiger partial charge in [-0.25, -0.2) is 8.91 Å². The normalized spacial score (nSPS) is 19.0. The maximum absolute atomic E-state index is 14.5. The Balaban J connectivity index is 1.37. The third kappa shape index (κ3) is 2.72. The summed E-state index contributed by atoms with van der Waals surface area (Å²) in [5.41, 5.74) is 9.45. The predicted molar refractivity (Wildman–Crippen MR) is 128 cm³/mol. The summed E-state index contributed by atoms with van der Waals surface area (Å²) in [6.07, 6.45) is 5.70. The van der Waals surface area contributed by atoms with Crippen molar-refractivity contribution >= 4 is 39.0 Å². The number of anilines is 2. The topological polar surface area (TPSA) is 109 Å². The number of ether oxygens (including phenoxy) is 1. The lowest BCUT2D eigenvalue weighted by Gasteiger charge is -2.60. The number of hydrogen-bond acceptors (Lipinski definition) is 7. The molecule has 0 bridgehead atoms. The third-order valence-electron chi connectivity index (χ3n) is 7.38. The van der Waals surface area contributed by atoms with E-state index in [2.05, 4.69) is 25.3 Å². The molecule has 1 saturated carbocycles. The van der Waals surface area contributed by atoms with Gasteiger partial charge in [0.1, 0.15) is 23.0 Å². The SMILES string of the molecule is CNc1cc(F)cc2c1[nH]c1nc(Oc3ccc4ccnn4c3)nc(N3CC4(CCC4N)C3)c12. The van der Waals surface area contributed by atoms with Gasteiger partial charge in [0.2, 0.25) is 0 Å². The second-order valence-corrected chi connectivity index (χ2v) is 9.34. The minimum absolute atomic E-state index is 0.150. The quantitative estimate of drug-likeness (QED) is 0.377. The van der Waals surface area contributed by atoms with Gasteiger partial charge in [0.25, 0.3) is 0 Å². The van der Waals surface area contributed by atoms with Crippen LogP contribution in [0, 0.1) is 11.2 Å². The highest BCUT2D eigenvalue weighted by Gasteiger charge is 2.53. The summed E-state index contributed by atoms with van der Waals surface area (Å²) in [5.74, 6) is 0.974. The van der Waals surface area contributed by atoms with Crippen LogP contribution in [0.15, 0.2) is 42.7 Å². The van der Waals surface area contributed by atoms with Gasteiger partial charge in [-0.2, -0.15) is 15.1 Å². The molecule has 5 heterocycles. The van der Waals surface area contributed by atoms with Crippen LogP contribution in [0.25, 0.3) is 27.5 Å². The molecule has 34 heavy (non-hydrogen) atoms. The number of aromatic nitrogens is 5. The molecular formula is C24H23FN8O. The zero-order chi connectivity index (χ0) is 23.0. The van der Waals surface area contributed by atoms with Gasteiger partial charge in [-0.05, 0) is 43.2 Å². The van der Waals surface area contributed by atoms with Crippen molar-refractivity contribution in [3.63, 3.8) is 0 Å². The van der Waals surface area contributed by atoms with Gasteiger partial charge in [-0.3, -0.25) is 0 Å². The van der Waals surface area contributed by atoms with E-state index < -0.39 is 0 Å². The van der Waals surface area contributed by atoms with Crippen LogP contribution in [0.3, 0.4) is 0 Å². The molecular weight excluding hydrogens is 435 g/mol. The Morgan fingerprint density at radius 3 is 2.88 bits per heavy atom. The van der Waals surface area contributed by atoms with E-state index in [1.165, 1.54) is 12.1 Å². The summed E-state index contributed by atoms with van der Waals surface area (Å²) < 4.78 is 22.3. The molecule has 5 aromatic rings. The van der Waals surface area contributed by atoms with E-state index in [0.29, 0.717) is 17.1 Å². The first-order valence-corrected chi connectivity index (χ1v) is 11.4. The van der Waals surface area contributed by atoms with Crippen molar-refractivity contribution in [2.45, 2.75) is 18.9 Å². The van der Waals surface area contributed by atoms with Crippen molar-refractivity contribution in [3.8, 4) is 11.8 Å². The Hall–Kier alpha value is -3.92. The summed E-state index contributed by atoms with van der Waals surface area (Å²) in [4.78, 5) is 15.0. The van der Waals surface area contributed by atoms with Gasteiger partial charge in [-0.15, -0.1) is 0 Å². The molecule has 1 spiro atoms. The zero-order valence-electron chi connectivity index (χ0n) is 18.5. The van der Waals surface area contributed by atoms with Gasteiger partial charge in [0, 0.05) is 43.2 Å². The number of nitrogens with one attached hydrogen (secondary N) is 2. The number of pyridine rings is 1. The first-order valence-electron chi connectivity index (χ1n) is 11.4. The molecule has 1 atom stereocenters. The highest BCUT2D eigenvalue weighted by Crippen LogP contribution is 2.50. The summed E-state index contributed by atoms with van der Waals surface area (Å²) in [6, 6.07) is 9.12. The second-order valence-electron chi connectivity index (χ2n) is 9.34. The summed E-state index contributed by atoms with van der Waals surface area (Å²) >= 11 is 0. The largest absolute Gasteiger partial charge is 0.423 e. The molecule has 2 aliphatic rings. The summed E-state index contributed by atoms with van der Waals surface area (Å²) in [7, 11) is 1.77. The van der Waals surface area contributed by atoms with Crippen LogP contribution in [0.4, 0.5) is 15.9 Å². The van der Waals surface area contributed by atoms with E-state index in [1.54, 1.807) is 24.0 Å². The number of halogens is 1. The number of aromatic amines is 1. The van der Waals surface area contributed by atoms with Crippen molar-refractivity contribution in [1.29, 1.82) is 0 Å². The van der Waals surface area contributed by atoms with E-state index in [-0.39, 0.29) is 23.3 Å². The summed E-state index contributed by atoms with van der Waals surface area (Å²) in [6.45, 7) is 1.64. The molecule has 7 rings (SSSR count). The Kier molecular flexibility index (Phi) is 3.91. The molecule has 1 saturated heterocycles. The number of hydrogen-bond donors (Lipinski definition) is 3. The van der Waals surface area contributed by atoms with E-state index in [4.69, 9.17) is 15.5 Å². The number of H-pyrrole nitrogens is 1. The molecule has 10 heteroatoms. The van der Waals surface area contributed by atoms with Gasteiger partial charge in [-0.1, -0.05) is 0 Å². The van der Waals surface area contributed by atoms with Crippen molar-refractivity contribution in [2.24, 2.45) is 11.1 Å². The fourth-order valence-corrected chi connectivity index (χ4v) is 5.33. The van der Waals surface area contributed by atoms with E-state index in [1.807, 2.05) is 18.2 Å². The highest BCUT2D eigenvalue weighted by atomic mass is 19.1. The molecule has 0 radical (unpaired) electrons. The van der Waals surface area contributed by atoms with Crippen molar-refractivity contribution in [1.82, 2.24) is 24.6 Å². The Morgan fingerprint density at radius 2 is 2.12 bits per heavy atom. The van der Waals surface area contributed by atoms with Gasteiger partial charge in [0.05, 0.1) is 28.3 Å². The van der Waals surface area contributed by atoms with Crippen molar-refractivity contribution in [2.75, 3.05) is 30.4 Å². The molecule has 172 valence electrons. The smallest absolute Gasteiger partial charge is 0.326 e. The maximum atomic E-state index is 14.5. The lowest BCUT2D eigenvalue weighted by atomic mass is 9.60. The molecule has 0 amide bonds. The second kappa shape index (κ2) is 6.80. The van der Waals surface area contributed by atoms with E-state index in [9.17, 15) is 4.39 Å². The first-order chi connectivity index (χ1) is 16.5. The van der Waals surface area contributed by atoms with Crippen LogP contribution >= 0.6 is 0 Å². The fourth-order valence-electron chi connectivity index (χ4n) is 5.33. The predicted octanol–water partition coefficient (Wildman–Crippen LogP) is 3.66. The lowest BCUT2D eigenvalue weighted by Crippen LogP contribution is -2.69. The van der Waals surface area contributed by atoms with Crippen LogP contribution in [0.5, 0.6) is 11.8 Å². The standard InChI is InChI=1S/C24H23FN8O/c1-27-17-9-13(25)8-16-19-21(29-20(16)17)30-23(34-15-3-2-14-5-7-28-33(14)10-15)31-22(19)32-11-24(12-32)6-4-18(24)26/h2-3,5,7-10,18,27H,4,6,11-12,26H2,1H3,(H,29,30,31). The Morgan fingerprint density at radius 1 is 1.24 bits per heavy atom. The summed E-state index contributed by atoms with van der Waals surface area (Å²) in [5, 5.41) is 8.84. The molecule has 4 aromatic heterocycles. The molecule has 1 aliphatic heterocycles. The molecule has 1 unspecified atom stereocenters. The monoisotopic (exact) mass is 458 g/mol. The number of rotatable bonds is 4. The Labute approximate surface area is 193 Å². The zero-order valence-corrected chi connectivity index (χ0v) is 18.5. The lowest BCUT2D eigenvalue weighted by molar-refractivity contribution is 0.0559. The number of fused-ring (bicyclic) bond motifs is 4. The van der Waals surface area contributed by atoms with Gasteiger partial charge >= 0.3 is 6.01 Å². The van der Waals surface area contributed by atoms with Crippen LogP contribution < -0.4 is 20.7 Å². The van der Waals surface area contributed by atoms with Crippen LogP contribution in [0.1, 0.15) is 12.8 Å². The molecule has 2 fully saturated rings. The first kappa shape index (κ1) is 19.5. The fraction of sp³-hybridized carbons (Fsp3) is 0.292. The number of nitrogens with zero attached hydrogens (tertiary/aromatic N) is 5. The minimum atomic E-state index is -0.322. The molecule has 4 N–H and O–H groups in total. The van der Waals surface area contributed by atoms with Crippen LogP contribution in [0.2, 0.25) is 0 Å². The Bertz CT molecular complexity index is 1580. The number of benzene rings is 1. The van der Waals surface area contributed by atoms with Gasteiger partial charge < -0.3 is 25.7 Å². The van der Waals surface area contributed by atoms with Crippen molar-refractivity contribution in [3.05, 3.63) is 48.5 Å². The molecule has 1 aromatic carbocycles. The number of nitrogens with two attached hydrogens (primary N) is 1. The van der Waals surface area contributed by atoms with Crippen LogP contribution in [-0.4, -0.2) is 50.7 Å². The molecule has 1 aliphatic carbocycles. The van der Waals surface area contributed by atoms with E-state index >= 15 is 0 Å². The highest BCUT2D eigenvalue weighted by molar-refractivity contribution is 6.14. The average molecular weight is 459 g/mol. The third-order valence-corrected chi connectivity index (χ3v) is 7.38. The van der Waals surface area contributed by atoms with E-state index in [0.717, 1.165) is 53.6 Å². The van der Waals surface area contributed by atoms with Gasteiger partial charge in [0.15, 0.2) is 0 Å². The van der Waals surface area contributed by atoms with Crippen molar-refractivity contribution < 1.29 is 9.13 Å². The average Bonchev–Trinajstić information content (AvgIpc) is 3.40. The minimum Gasteiger partial charge on any atom is -0.423 e. The maximum Gasteiger partial charge on any atom is 0.326 e. The van der Waals surface area contributed by atoms with Crippen LogP contribution in [-0.2, 0) is 0 Å². The molecule has 9 nitrogen and oxygen atoms in total.